The van der Waals surface area contributed by atoms with Gasteiger partial charge in [-0.05, 0) is 45.2 Å². The van der Waals surface area contributed by atoms with E-state index in [9.17, 15) is 4.79 Å². The van der Waals surface area contributed by atoms with Gasteiger partial charge < -0.3 is 10.6 Å². The van der Waals surface area contributed by atoms with Crippen LogP contribution in [0.1, 0.15) is 47.0 Å². The first-order valence-corrected chi connectivity index (χ1v) is 6.50. The van der Waals surface area contributed by atoms with E-state index in [4.69, 9.17) is 0 Å². The lowest BCUT2D eigenvalue weighted by atomic mass is 9.74. The largest absolute Gasteiger partial charge is 0.353 e. The zero-order valence-electron chi connectivity index (χ0n) is 11.1. The van der Waals surface area contributed by atoms with E-state index >= 15 is 0 Å². The highest BCUT2D eigenvalue weighted by atomic mass is 16.2. The van der Waals surface area contributed by atoms with Crippen molar-refractivity contribution in [2.45, 2.75) is 53.0 Å². The fourth-order valence-corrected chi connectivity index (χ4v) is 2.17. The van der Waals surface area contributed by atoms with Crippen LogP contribution in [0.2, 0.25) is 0 Å². The number of rotatable bonds is 4. The second kappa shape index (κ2) is 5.67. The molecule has 0 saturated carbocycles. The van der Waals surface area contributed by atoms with Crippen LogP contribution < -0.4 is 10.6 Å². The highest BCUT2D eigenvalue weighted by Gasteiger charge is 2.37. The summed E-state index contributed by atoms with van der Waals surface area (Å²) in [6.07, 6.45) is 3.34. The van der Waals surface area contributed by atoms with Gasteiger partial charge in [-0.2, -0.15) is 0 Å². The summed E-state index contributed by atoms with van der Waals surface area (Å²) in [6, 6.07) is 0.281. The second-order valence-corrected chi connectivity index (χ2v) is 5.55. The lowest BCUT2D eigenvalue weighted by Gasteiger charge is -2.36. The Morgan fingerprint density at radius 2 is 2.25 bits per heavy atom. The Bertz CT molecular complexity index is 232. The van der Waals surface area contributed by atoms with Crippen molar-refractivity contribution >= 4 is 5.91 Å². The standard InChI is InChI=1S/C13H26N2O/c1-5-10(2)15-12(16)13(3,4)11-7-6-8-14-9-11/h10-11,14H,5-9H2,1-4H3,(H,15,16). The van der Waals surface area contributed by atoms with Gasteiger partial charge in [-0.1, -0.05) is 20.8 Å². The molecule has 0 aliphatic carbocycles. The number of hydrogen-bond acceptors (Lipinski definition) is 2. The van der Waals surface area contributed by atoms with Crippen LogP contribution in [-0.2, 0) is 4.79 Å². The summed E-state index contributed by atoms with van der Waals surface area (Å²) in [5, 5.41) is 6.48. The molecule has 0 radical (unpaired) electrons. The maximum absolute atomic E-state index is 12.2. The van der Waals surface area contributed by atoms with E-state index < -0.39 is 0 Å². The topological polar surface area (TPSA) is 41.1 Å². The fourth-order valence-electron chi connectivity index (χ4n) is 2.17. The van der Waals surface area contributed by atoms with Crippen LogP contribution in [0.3, 0.4) is 0 Å². The van der Waals surface area contributed by atoms with Crippen molar-refractivity contribution in [2.24, 2.45) is 11.3 Å². The van der Waals surface area contributed by atoms with Gasteiger partial charge in [-0.25, -0.2) is 0 Å². The van der Waals surface area contributed by atoms with E-state index in [1.54, 1.807) is 0 Å². The molecule has 0 aromatic heterocycles. The van der Waals surface area contributed by atoms with Gasteiger partial charge in [0, 0.05) is 11.5 Å². The second-order valence-electron chi connectivity index (χ2n) is 5.55. The summed E-state index contributed by atoms with van der Waals surface area (Å²) in [7, 11) is 0. The molecule has 0 aromatic rings. The predicted octanol–water partition coefficient (Wildman–Crippen LogP) is 1.93. The Morgan fingerprint density at radius 1 is 1.56 bits per heavy atom. The van der Waals surface area contributed by atoms with E-state index in [0.717, 1.165) is 25.9 Å². The van der Waals surface area contributed by atoms with Gasteiger partial charge in [0.05, 0.1) is 0 Å². The summed E-state index contributed by atoms with van der Waals surface area (Å²) in [5.74, 6) is 0.667. The molecular formula is C13H26N2O. The molecule has 94 valence electrons. The van der Waals surface area contributed by atoms with Crippen LogP contribution in [0.5, 0.6) is 0 Å². The van der Waals surface area contributed by atoms with Gasteiger partial charge in [0.25, 0.3) is 0 Å². The Morgan fingerprint density at radius 3 is 2.75 bits per heavy atom. The summed E-state index contributed by atoms with van der Waals surface area (Å²) < 4.78 is 0. The van der Waals surface area contributed by atoms with Crippen molar-refractivity contribution in [1.29, 1.82) is 0 Å². The molecule has 0 spiro atoms. The first-order chi connectivity index (χ1) is 7.48. The molecule has 1 amide bonds. The quantitative estimate of drug-likeness (QED) is 0.769. The number of carbonyl (C=O) groups is 1. The smallest absolute Gasteiger partial charge is 0.226 e. The van der Waals surface area contributed by atoms with E-state index in [1.807, 2.05) is 0 Å². The monoisotopic (exact) mass is 226 g/mol. The van der Waals surface area contributed by atoms with Crippen LogP contribution in [0.25, 0.3) is 0 Å². The predicted molar refractivity (Wildman–Crippen MR) is 67.3 cm³/mol. The van der Waals surface area contributed by atoms with Crippen molar-refractivity contribution in [2.75, 3.05) is 13.1 Å². The van der Waals surface area contributed by atoms with E-state index in [2.05, 4.69) is 38.3 Å². The number of carbonyl (C=O) groups excluding carboxylic acids is 1. The molecule has 0 bridgehead atoms. The number of nitrogens with one attached hydrogen (secondary N) is 2. The minimum Gasteiger partial charge on any atom is -0.353 e. The molecule has 2 unspecified atom stereocenters. The van der Waals surface area contributed by atoms with Crippen LogP contribution >= 0.6 is 0 Å². The first kappa shape index (κ1) is 13.5. The van der Waals surface area contributed by atoms with Gasteiger partial charge in [0.15, 0.2) is 0 Å². The lowest BCUT2D eigenvalue weighted by Crippen LogP contribution is -2.49. The van der Waals surface area contributed by atoms with Crippen LogP contribution in [0, 0.1) is 11.3 Å². The summed E-state index contributed by atoms with van der Waals surface area (Å²) in [6.45, 7) is 10.4. The first-order valence-electron chi connectivity index (χ1n) is 6.50. The number of hydrogen-bond donors (Lipinski definition) is 2. The minimum atomic E-state index is -0.253. The molecule has 0 aromatic carbocycles. The number of amides is 1. The van der Waals surface area contributed by atoms with Gasteiger partial charge >= 0.3 is 0 Å². The molecule has 1 fully saturated rings. The minimum absolute atomic E-state index is 0.204. The molecule has 1 heterocycles. The van der Waals surface area contributed by atoms with Crippen molar-refractivity contribution in [1.82, 2.24) is 10.6 Å². The summed E-state index contributed by atoms with van der Waals surface area (Å²) in [4.78, 5) is 12.2. The number of piperidine rings is 1. The molecule has 1 saturated heterocycles. The third-order valence-electron chi connectivity index (χ3n) is 3.89. The van der Waals surface area contributed by atoms with Crippen molar-refractivity contribution in [3.05, 3.63) is 0 Å². The average molecular weight is 226 g/mol. The average Bonchev–Trinajstić information content (AvgIpc) is 2.29. The molecule has 16 heavy (non-hydrogen) atoms. The maximum Gasteiger partial charge on any atom is 0.226 e. The maximum atomic E-state index is 12.2. The van der Waals surface area contributed by atoms with Gasteiger partial charge in [-0.3, -0.25) is 4.79 Å². The molecule has 1 rings (SSSR count). The van der Waals surface area contributed by atoms with Crippen molar-refractivity contribution in [3.8, 4) is 0 Å². The van der Waals surface area contributed by atoms with Crippen molar-refractivity contribution < 1.29 is 4.79 Å². The normalized spacial score (nSPS) is 23.9. The van der Waals surface area contributed by atoms with E-state index in [0.29, 0.717) is 5.92 Å². The SMILES string of the molecule is CCC(C)NC(=O)C(C)(C)C1CCCNC1. The Labute approximate surface area is 99.4 Å². The fraction of sp³-hybridized carbons (Fsp3) is 0.923. The molecule has 3 heteroatoms. The Kier molecular flexibility index (Phi) is 4.78. The Hall–Kier alpha value is -0.570. The van der Waals surface area contributed by atoms with Crippen LogP contribution in [0.15, 0.2) is 0 Å². The third kappa shape index (κ3) is 3.21. The zero-order chi connectivity index (χ0) is 12.2. The van der Waals surface area contributed by atoms with Gasteiger partial charge in [0.2, 0.25) is 5.91 Å². The van der Waals surface area contributed by atoms with Crippen molar-refractivity contribution in [3.63, 3.8) is 0 Å². The van der Waals surface area contributed by atoms with Crippen LogP contribution in [-0.4, -0.2) is 25.0 Å². The summed E-state index contributed by atoms with van der Waals surface area (Å²) >= 11 is 0. The molecule has 3 nitrogen and oxygen atoms in total. The lowest BCUT2D eigenvalue weighted by molar-refractivity contribution is -0.133. The highest BCUT2D eigenvalue weighted by Crippen LogP contribution is 2.32. The zero-order valence-corrected chi connectivity index (χ0v) is 11.1. The van der Waals surface area contributed by atoms with E-state index in [1.165, 1.54) is 6.42 Å². The van der Waals surface area contributed by atoms with E-state index in [-0.39, 0.29) is 17.4 Å². The Balaban J connectivity index is 2.56. The van der Waals surface area contributed by atoms with Crippen LogP contribution in [0.4, 0.5) is 0 Å². The molecule has 2 atom stereocenters. The molecular weight excluding hydrogens is 200 g/mol. The summed E-state index contributed by atoms with van der Waals surface area (Å²) in [5.41, 5.74) is -0.253. The molecule has 1 aliphatic heterocycles. The third-order valence-corrected chi connectivity index (χ3v) is 3.89. The molecule has 1 aliphatic rings. The molecule has 2 N–H and O–H groups in total. The van der Waals surface area contributed by atoms with Gasteiger partial charge in [-0.15, -0.1) is 0 Å². The van der Waals surface area contributed by atoms with Gasteiger partial charge in [0.1, 0.15) is 0 Å². The highest BCUT2D eigenvalue weighted by molar-refractivity contribution is 5.82.